The molecule has 0 aromatic carbocycles. The molecule has 1 saturated heterocycles. The van der Waals surface area contributed by atoms with Crippen LogP contribution in [0.1, 0.15) is 87.5 Å². The Kier molecular flexibility index (Phi) is 22.4. The molecule has 344 valence electrons. The summed E-state index contributed by atoms with van der Waals surface area (Å²) in [5.74, 6) is -10.5. The molecule has 1 aliphatic rings. The van der Waals surface area contributed by atoms with Gasteiger partial charge in [0.1, 0.15) is 48.8 Å². The van der Waals surface area contributed by atoms with Crippen LogP contribution in [0.5, 0.6) is 0 Å². The molecule has 0 spiro atoms. The van der Waals surface area contributed by atoms with Gasteiger partial charge in [0, 0.05) is 13.0 Å². The Morgan fingerprint density at radius 1 is 0.623 bits per heavy atom. The molecule has 0 aromatic rings. The van der Waals surface area contributed by atoms with E-state index >= 15 is 0 Å². The fraction of sp³-hybridized carbons (Fsp3) is 0.711. The largest absolute Gasteiger partial charge is 0.481 e. The summed E-state index contributed by atoms with van der Waals surface area (Å²) in [7, 11) is 0. The van der Waals surface area contributed by atoms with E-state index in [0.717, 1.165) is 0 Å². The van der Waals surface area contributed by atoms with E-state index in [0.29, 0.717) is 12.8 Å². The topological polar surface area (TPSA) is 354 Å². The Bertz CT molecular complexity index is 1620. The number of nitrogens with zero attached hydrogens (tertiary/aromatic N) is 1. The molecule has 1 aliphatic heterocycles. The third-order valence-electron chi connectivity index (χ3n) is 9.95. The minimum absolute atomic E-state index is 0.153. The average molecular weight is 869 g/mol. The number of hydrogen-bond acceptors (Lipinski definition) is 12. The van der Waals surface area contributed by atoms with Crippen molar-refractivity contribution in [3.63, 3.8) is 0 Å². The number of carboxylic acid groups (broad SMARTS) is 2. The number of likely N-dealkylation sites (tertiary alicyclic amines) is 1. The van der Waals surface area contributed by atoms with E-state index in [4.69, 9.17) is 10.8 Å². The van der Waals surface area contributed by atoms with Gasteiger partial charge in [0.2, 0.25) is 53.2 Å². The molecule has 0 radical (unpaired) electrons. The SMILES string of the molecule is CC[C@H](C)[C@H](NC(=O)CN)C(=O)N[C@@H](C)C(=O)N[C@H](C(=O)N1CCC[C@H]1C(=O)NCC(=O)N[C@@H](CCC(=O)O)C(=O)N[C@H](C(=O)N[C@@H](C)C(=O)NCC(=O)O)C(C)C)C(C)C. The van der Waals surface area contributed by atoms with Gasteiger partial charge in [0.15, 0.2) is 0 Å². The minimum Gasteiger partial charge on any atom is -0.481 e. The molecule has 23 nitrogen and oxygen atoms in total. The highest BCUT2D eigenvalue weighted by Gasteiger charge is 2.40. The van der Waals surface area contributed by atoms with Gasteiger partial charge in [-0.1, -0.05) is 48.0 Å². The highest BCUT2D eigenvalue weighted by molar-refractivity contribution is 5.98. The number of nitrogens with one attached hydrogen (secondary N) is 8. The second-order valence-corrected chi connectivity index (χ2v) is 15.6. The van der Waals surface area contributed by atoms with Crippen molar-refractivity contribution in [2.45, 2.75) is 130 Å². The van der Waals surface area contributed by atoms with Gasteiger partial charge in [-0.15, -0.1) is 0 Å². The molecule has 9 amide bonds. The lowest BCUT2D eigenvalue weighted by Crippen LogP contribution is -2.60. The van der Waals surface area contributed by atoms with Gasteiger partial charge in [0.25, 0.3) is 0 Å². The fourth-order valence-corrected chi connectivity index (χ4v) is 6.12. The molecule has 0 unspecified atom stereocenters. The molecule has 1 heterocycles. The van der Waals surface area contributed by atoms with Crippen molar-refractivity contribution >= 4 is 65.1 Å². The highest BCUT2D eigenvalue weighted by atomic mass is 16.4. The van der Waals surface area contributed by atoms with Crippen LogP contribution < -0.4 is 48.3 Å². The number of amides is 9. The number of hydrogen-bond donors (Lipinski definition) is 11. The number of rotatable bonds is 25. The second-order valence-electron chi connectivity index (χ2n) is 15.6. The van der Waals surface area contributed by atoms with Crippen LogP contribution in [0.2, 0.25) is 0 Å². The van der Waals surface area contributed by atoms with Gasteiger partial charge in [-0.25, -0.2) is 0 Å². The molecule has 0 saturated carbocycles. The number of aliphatic carboxylic acids is 2. The first-order valence-electron chi connectivity index (χ1n) is 20.2. The minimum atomic E-state index is -1.48. The quantitative estimate of drug-likeness (QED) is 0.0423. The van der Waals surface area contributed by atoms with Crippen LogP contribution in [-0.2, 0) is 52.7 Å². The van der Waals surface area contributed by atoms with E-state index in [1.54, 1.807) is 34.6 Å². The molecular weight excluding hydrogens is 804 g/mol. The smallest absolute Gasteiger partial charge is 0.322 e. The van der Waals surface area contributed by atoms with Gasteiger partial charge in [0.05, 0.1) is 13.1 Å². The summed E-state index contributed by atoms with van der Waals surface area (Å²) in [6, 6.07) is -8.18. The molecule has 1 rings (SSSR count). The first-order chi connectivity index (χ1) is 28.4. The monoisotopic (exact) mass is 868 g/mol. The predicted molar refractivity (Wildman–Crippen MR) is 216 cm³/mol. The van der Waals surface area contributed by atoms with Crippen LogP contribution in [0.15, 0.2) is 0 Å². The van der Waals surface area contributed by atoms with E-state index in [2.05, 4.69) is 42.5 Å². The van der Waals surface area contributed by atoms with Crippen LogP contribution in [0.4, 0.5) is 0 Å². The second kappa shape index (κ2) is 25.7. The third-order valence-corrected chi connectivity index (χ3v) is 9.95. The lowest BCUT2D eigenvalue weighted by atomic mass is 9.97. The number of nitrogens with two attached hydrogens (primary N) is 1. The maximum Gasteiger partial charge on any atom is 0.322 e. The van der Waals surface area contributed by atoms with Gasteiger partial charge < -0.3 is 63.4 Å². The Balaban J connectivity index is 3.00. The van der Waals surface area contributed by atoms with Crippen molar-refractivity contribution in [1.29, 1.82) is 0 Å². The first kappa shape index (κ1) is 53.1. The molecule has 0 aliphatic carbocycles. The van der Waals surface area contributed by atoms with Crippen molar-refractivity contribution in [2.75, 3.05) is 26.2 Å². The summed E-state index contributed by atoms with van der Waals surface area (Å²) in [6.07, 6.45) is 0.213. The maximum absolute atomic E-state index is 13.8. The van der Waals surface area contributed by atoms with Crippen LogP contribution >= 0.6 is 0 Å². The Morgan fingerprint density at radius 2 is 1.18 bits per heavy atom. The van der Waals surface area contributed by atoms with Crippen molar-refractivity contribution in [2.24, 2.45) is 23.5 Å². The Labute approximate surface area is 354 Å². The average Bonchev–Trinajstić information content (AvgIpc) is 3.69. The van der Waals surface area contributed by atoms with Crippen molar-refractivity contribution in [3.8, 4) is 0 Å². The van der Waals surface area contributed by atoms with Gasteiger partial charge in [-0.3, -0.25) is 52.7 Å². The normalized spacial score (nSPS) is 17.0. The summed E-state index contributed by atoms with van der Waals surface area (Å²) in [5.41, 5.74) is 5.39. The summed E-state index contributed by atoms with van der Waals surface area (Å²) >= 11 is 0. The van der Waals surface area contributed by atoms with E-state index < -0.39 is 145 Å². The highest BCUT2D eigenvalue weighted by Crippen LogP contribution is 2.21. The molecule has 0 bridgehead atoms. The first-order valence-corrected chi connectivity index (χ1v) is 20.2. The molecule has 61 heavy (non-hydrogen) atoms. The lowest BCUT2D eigenvalue weighted by molar-refractivity contribution is -0.143. The summed E-state index contributed by atoms with van der Waals surface area (Å²) in [6.45, 7) is 11.3. The number of carbonyl (C=O) groups excluding carboxylic acids is 9. The zero-order chi connectivity index (χ0) is 46.7. The maximum atomic E-state index is 13.8. The third kappa shape index (κ3) is 17.7. The zero-order valence-electron chi connectivity index (χ0n) is 36.0. The summed E-state index contributed by atoms with van der Waals surface area (Å²) in [5, 5.41) is 37.6. The van der Waals surface area contributed by atoms with E-state index in [9.17, 15) is 57.8 Å². The van der Waals surface area contributed by atoms with E-state index in [1.165, 1.54) is 18.7 Å². The van der Waals surface area contributed by atoms with E-state index in [-0.39, 0.29) is 25.4 Å². The Hall–Kier alpha value is -5.87. The van der Waals surface area contributed by atoms with Crippen molar-refractivity contribution < 1.29 is 63.0 Å². The number of carboxylic acids is 2. The van der Waals surface area contributed by atoms with Crippen LogP contribution in [0.3, 0.4) is 0 Å². The summed E-state index contributed by atoms with van der Waals surface area (Å²) < 4.78 is 0. The Morgan fingerprint density at radius 3 is 1.70 bits per heavy atom. The van der Waals surface area contributed by atoms with Crippen molar-refractivity contribution in [1.82, 2.24) is 47.4 Å². The number of carbonyl (C=O) groups is 11. The standard InChI is InChI=1S/C38H64N10O13/c1-9-20(6)31(45-25(49)15-39)37(60)43-22(8)33(56)47-30(19(4)5)38(61)48-14-10-11-24(48)35(58)40-16-26(50)44-23(12-13-27(51)52)34(57)46-29(18(2)3)36(59)42-21(7)32(55)41-17-28(53)54/h18-24,29-31H,9-17,39H2,1-8H3,(H,40,58)(H,41,55)(H,42,59)(H,43,60)(H,44,50)(H,45,49)(H,46,57)(H,47,56)(H,51,52)(H,53,54)/t20-,21-,22-,23-,24-,29-,30-,31-/m0/s1. The lowest BCUT2D eigenvalue weighted by Gasteiger charge is -2.31. The zero-order valence-corrected chi connectivity index (χ0v) is 36.0. The molecule has 23 heteroatoms. The van der Waals surface area contributed by atoms with Crippen LogP contribution in [0, 0.1) is 17.8 Å². The van der Waals surface area contributed by atoms with Gasteiger partial charge in [-0.05, 0) is 50.9 Å². The van der Waals surface area contributed by atoms with Crippen molar-refractivity contribution in [3.05, 3.63) is 0 Å². The molecular formula is C38H64N10O13. The molecule has 0 aromatic heterocycles. The van der Waals surface area contributed by atoms with Gasteiger partial charge >= 0.3 is 11.9 Å². The summed E-state index contributed by atoms with van der Waals surface area (Å²) in [4.78, 5) is 140. The molecule has 8 atom stereocenters. The fourth-order valence-electron chi connectivity index (χ4n) is 6.12. The van der Waals surface area contributed by atoms with Crippen LogP contribution in [0.25, 0.3) is 0 Å². The molecule has 12 N–H and O–H groups in total. The van der Waals surface area contributed by atoms with E-state index in [1.807, 2.05) is 6.92 Å². The van der Waals surface area contributed by atoms with Gasteiger partial charge in [-0.2, -0.15) is 0 Å². The molecule has 1 fully saturated rings. The van der Waals surface area contributed by atoms with Crippen LogP contribution in [-0.4, -0.2) is 149 Å². The predicted octanol–water partition coefficient (Wildman–Crippen LogP) is -3.58.